The van der Waals surface area contributed by atoms with Crippen LogP contribution in [0.25, 0.3) is 11.5 Å². The molecule has 1 aliphatic heterocycles. The van der Waals surface area contributed by atoms with Crippen LogP contribution in [0.1, 0.15) is 18.4 Å². The number of benzene rings is 1. The van der Waals surface area contributed by atoms with Gasteiger partial charge in [0.05, 0.1) is 18.4 Å². The van der Waals surface area contributed by atoms with E-state index in [4.69, 9.17) is 17.0 Å². The summed E-state index contributed by atoms with van der Waals surface area (Å²) in [5.41, 5.74) is 8.03. The minimum Gasteiger partial charge on any atom is -0.376 e. The Bertz CT molecular complexity index is 1120. The minimum atomic E-state index is -0.237. The fraction of sp³-hybridized carbons (Fsp3) is 0.381. The van der Waals surface area contributed by atoms with Crippen molar-refractivity contribution in [2.24, 2.45) is 7.05 Å². The van der Waals surface area contributed by atoms with Crippen molar-refractivity contribution >= 4 is 40.7 Å². The highest BCUT2D eigenvalue weighted by Gasteiger charge is 2.23. The molecule has 0 saturated carbocycles. The molecular formula is C21H26N8O2S2. The van der Waals surface area contributed by atoms with Crippen LogP contribution < -0.4 is 16.2 Å². The number of hydrogen-bond acceptors (Lipinski definition) is 7. The molecular weight excluding hydrogens is 460 g/mol. The quantitative estimate of drug-likeness (QED) is 0.263. The summed E-state index contributed by atoms with van der Waals surface area (Å²) in [5.74, 6) is 0.571. The molecule has 1 amide bonds. The smallest absolute Gasteiger partial charge is 0.248 e. The molecule has 1 atom stereocenters. The number of hydrogen-bond donors (Lipinski definition) is 3. The third-order valence-corrected chi connectivity index (χ3v) is 6.16. The maximum Gasteiger partial charge on any atom is 0.248 e. The molecule has 3 heterocycles. The number of thiocarbonyl (C=S) groups is 1. The zero-order valence-electron chi connectivity index (χ0n) is 18.4. The number of ether oxygens (including phenoxy) is 1. The number of carbonyl (C=O) groups is 1. The molecule has 1 aromatic carbocycles. The normalized spacial score (nSPS) is 15.4. The highest BCUT2D eigenvalue weighted by molar-refractivity contribution is 7.99. The summed E-state index contributed by atoms with van der Waals surface area (Å²) < 4.78 is 9.50. The lowest BCUT2D eigenvalue weighted by molar-refractivity contribution is -0.119. The fourth-order valence-electron chi connectivity index (χ4n) is 3.45. The first-order valence-corrected chi connectivity index (χ1v) is 12.0. The summed E-state index contributed by atoms with van der Waals surface area (Å²) >= 11 is 6.54. The van der Waals surface area contributed by atoms with Gasteiger partial charge in [0.15, 0.2) is 16.1 Å². The predicted octanol–water partition coefficient (Wildman–Crippen LogP) is 2.28. The molecule has 174 valence electrons. The lowest BCUT2D eigenvalue weighted by atomic mass is 10.2. The first-order chi connectivity index (χ1) is 16.0. The van der Waals surface area contributed by atoms with Gasteiger partial charge in [-0.15, -0.1) is 10.2 Å². The van der Waals surface area contributed by atoms with Crippen LogP contribution in [-0.4, -0.2) is 54.0 Å². The van der Waals surface area contributed by atoms with Crippen molar-refractivity contribution in [3.8, 4) is 11.5 Å². The van der Waals surface area contributed by atoms with Crippen LogP contribution in [0.2, 0.25) is 0 Å². The largest absolute Gasteiger partial charge is 0.376 e. The van der Waals surface area contributed by atoms with E-state index in [1.165, 1.54) is 11.8 Å². The number of thioether (sulfide) groups is 1. The predicted molar refractivity (Wildman–Crippen MR) is 131 cm³/mol. The monoisotopic (exact) mass is 486 g/mol. The van der Waals surface area contributed by atoms with E-state index in [1.54, 1.807) is 4.68 Å². The van der Waals surface area contributed by atoms with Crippen LogP contribution in [-0.2, 0) is 23.1 Å². The van der Waals surface area contributed by atoms with E-state index in [0.717, 1.165) is 36.4 Å². The van der Waals surface area contributed by atoms with Gasteiger partial charge < -0.3 is 10.1 Å². The Balaban J connectivity index is 1.34. The Hall–Kier alpha value is -2.96. The lowest BCUT2D eigenvalue weighted by Gasteiger charge is -2.14. The lowest BCUT2D eigenvalue weighted by Crippen LogP contribution is -2.44. The summed E-state index contributed by atoms with van der Waals surface area (Å²) in [6, 6.07) is 9.69. The summed E-state index contributed by atoms with van der Waals surface area (Å²) in [6.07, 6.45) is 3.99. The highest BCUT2D eigenvalue weighted by atomic mass is 32.2. The number of anilines is 1. The van der Waals surface area contributed by atoms with E-state index >= 15 is 0 Å². The average Bonchev–Trinajstić information content (AvgIpc) is 3.53. The van der Waals surface area contributed by atoms with Gasteiger partial charge in [-0.1, -0.05) is 23.9 Å². The van der Waals surface area contributed by atoms with Crippen LogP contribution >= 0.6 is 24.0 Å². The van der Waals surface area contributed by atoms with E-state index in [2.05, 4.69) is 31.5 Å². The number of aromatic nitrogens is 5. The Labute approximate surface area is 201 Å². The van der Waals surface area contributed by atoms with Gasteiger partial charge in [-0.05, 0) is 55.7 Å². The number of amides is 1. The van der Waals surface area contributed by atoms with E-state index < -0.39 is 0 Å². The van der Waals surface area contributed by atoms with Gasteiger partial charge in [-0.3, -0.25) is 24.9 Å². The third-order valence-electron chi connectivity index (χ3n) is 4.99. The van der Waals surface area contributed by atoms with Crippen LogP contribution in [0.5, 0.6) is 0 Å². The molecule has 3 N–H and O–H groups in total. The third kappa shape index (κ3) is 6.30. The molecule has 10 nitrogen and oxygen atoms in total. The number of hydrazine groups is 1. The zero-order chi connectivity index (χ0) is 23.2. The SMILES string of the molecule is Cc1cccc(NC(=S)NNC(=O)CSc2nnc(-c3ccn(C)n3)n2C[C@H]2CCCO2)c1. The highest BCUT2D eigenvalue weighted by Crippen LogP contribution is 2.25. The van der Waals surface area contributed by atoms with Crippen molar-refractivity contribution in [3.63, 3.8) is 0 Å². The molecule has 2 aromatic heterocycles. The number of rotatable bonds is 7. The maximum absolute atomic E-state index is 12.4. The summed E-state index contributed by atoms with van der Waals surface area (Å²) in [6.45, 7) is 3.38. The van der Waals surface area contributed by atoms with Gasteiger partial charge in [0.1, 0.15) is 5.69 Å². The average molecular weight is 487 g/mol. The van der Waals surface area contributed by atoms with Crippen LogP contribution in [0.3, 0.4) is 0 Å². The standard InChI is InChI=1S/C21H26N8O2S2/c1-14-5-3-6-15(11-14)22-20(32)25-23-18(30)13-33-21-26-24-19(17-8-9-28(2)27-17)29(21)12-16-7-4-10-31-16/h3,5-6,8-9,11,16H,4,7,10,12-13H2,1-2H3,(H,23,30)(H2,22,25,32)/t16-/m1/s1. The van der Waals surface area contributed by atoms with Gasteiger partial charge in [0.25, 0.3) is 0 Å². The van der Waals surface area contributed by atoms with Crippen LogP contribution in [0, 0.1) is 6.92 Å². The van der Waals surface area contributed by atoms with Gasteiger partial charge in [-0.2, -0.15) is 5.10 Å². The van der Waals surface area contributed by atoms with Gasteiger partial charge >= 0.3 is 0 Å². The molecule has 1 saturated heterocycles. The van der Waals surface area contributed by atoms with Crippen LogP contribution in [0.4, 0.5) is 5.69 Å². The van der Waals surface area contributed by atoms with Gasteiger partial charge in [-0.25, -0.2) is 0 Å². The second-order valence-corrected chi connectivity index (χ2v) is 9.06. The topological polar surface area (TPSA) is 111 Å². The Morgan fingerprint density at radius 2 is 2.18 bits per heavy atom. The first kappa shape index (κ1) is 23.2. The van der Waals surface area contributed by atoms with Crippen molar-refractivity contribution in [2.75, 3.05) is 17.7 Å². The van der Waals surface area contributed by atoms with Crippen molar-refractivity contribution in [3.05, 3.63) is 42.1 Å². The molecule has 33 heavy (non-hydrogen) atoms. The number of carbonyl (C=O) groups excluding carboxylic acids is 1. The molecule has 0 unspecified atom stereocenters. The summed E-state index contributed by atoms with van der Waals surface area (Å²) in [7, 11) is 1.86. The molecule has 3 aromatic rings. The molecule has 0 aliphatic carbocycles. The van der Waals surface area contributed by atoms with E-state index in [-0.39, 0.29) is 17.8 Å². The molecule has 1 aliphatic rings. The van der Waals surface area contributed by atoms with Crippen LogP contribution in [0.15, 0.2) is 41.7 Å². The molecule has 4 rings (SSSR count). The zero-order valence-corrected chi connectivity index (χ0v) is 20.1. The van der Waals surface area contributed by atoms with E-state index in [9.17, 15) is 4.79 Å². The second kappa shape index (κ2) is 10.8. The molecule has 0 spiro atoms. The Morgan fingerprint density at radius 3 is 2.91 bits per heavy atom. The second-order valence-electron chi connectivity index (χ2n) is 7.71. The Kier molecular flexibility index (Phi) is 7.57. The van der Waals surface area contributed by atoms with Crippen molar-refractivity contribution in [1.29, 1.82) is 0 Å². The fourth-order valence-corrected chi connectivity index (χ4v) is 4.37. The van der Waals surface area contributed by atoms with Crippen molar-refractivity contribution < 1.29 is 9.53 Å². The number of nitrogens with one attached hydrogen (secondary N) is 3. The first-order valence-electron chi connectivity index (χ1n) is 10.6. The minimum absolute atomic E-state index is 0.100. The molecule has 12 heteroatoms. The number of aryl methyl sites for hydroxylation is 2. The van der Waals surface area contributed by atoms with Gasteiger partial charge in [0, 0.05) is 25.5 Å². The summed E-state index contributed by atoms with van der Waals surface area (Å²) in [5, 5.41) is 17.1. The summed E-state index contributed by atoms with van der Waals surface area (Å²) in [4.78, 5) is 12.4. The van der Waals surface area contributed by atoms with E-state index in [1.807, 2.05) is 55.1 Å². The molecule has 0 radical (unpaired) electrons. The van der Waals surface area contributed by atoms with Crippen molar-refractivity contribution in [1.82, 2.24) is 35.4 Å². The van der Waals surface area contributed by atoms with Crippen molar-refractivity contribution in [2.45, 2.75) is 37.6 Å². The van der Waals surface area contributed by atoms with E-state index in [0.29, 0.717) is 22.6 Å². The van der Waals surface area contributed by atoms with Gasteiger partial charge in [0.2, 0.25) is 5.91 Å². The molecule has 0 bridgehead atoms. The molecule has 1 fully saturated rings. The Morgan fingerprint density at radius 1 is 1.30 bits per heavy atom. The number of nitrogens with zero attached hydrogens (tertiary/aromatic N) is 5. The maximum atomic E-state index is 12.4.